The Bertz CT molecular complexity index is 756. The Morgan fingerprint density at radius 3 is 2.79 bits per heavy atom. The molecule has 3 saturated carbocycles. The number of ether oxygens (including phenoxy) is 2. The van der Waals surface area contributed by atoms with E-state index in [0.717, 1.165) is 18.8 Å². The molecule has 0 radical (unpaired) electrons. The van der Waals surface area contributed by atoms with Gasteiger partial charge in [0.05, 0.1) is 13.2 Å². The van der Waals surface area contributed by atoms with E-state index in [4.69, 9.17) is 9.47 Å². The molecule has 0 aromatic rings. The van der Waals surface area contributed by atoms with E-state index in [2.05, 4.69) is 20.8 Å². The normalized spacial score (nSPS) is 48.6. The van der Waals surface area contributed by atoms with E-state index >= 15 is 0 Å². The summed E-state index contributed by atoms with van der Waals surface area (Å²) in [4.78, 5) is 23.8. The Morgan fingerprint density at radius 1 is 1.24 bits per heavy atom. The Hall–Kier alpha value is -1.16. The van der Waals surface area contributed by atoms with Gasteiger partial charge in [-0.2, -0.15) is 0 Å². The Morgan fingerprint density at radius 2 is 2.03 bits per heavy atom. The van der Waals surface area contributed by atoms with E-state index in [1.54, 1.807) is 0 Å². The van der Waals surface area contributed by atoms with Crippen molar-refractivity contribution in [2.75, 3.05) is 7.11 Å². The summed E-state index contributed by atoms with van der Waals surface area (Å²) in [6.07, 6.45) is 10.8. The average molecular weight is 401 g/mol. The molecule has 4 heteroatoms. The van der Waals surface area contributed by atoms with Crippen LogP contribution in [0.1, 0.15) is 72.1 Å². The molecule has 160 valence electrons. The Labute approximate surface area is 174 Å². The molecule has 29 heavy (non-hydrogen) atoms. The van der Waals surface area contributed by atoms with Crippen LogP contribution < -0.4 is 0 Å². The van der Waals surface area contributed by atoms with Crippen molar-refractivity contribution in [3.63, 3.8) is 0 Å². The monoisotopic (exact) mass is 400 g/mol. The standard InChI is InChI=1S/C25H36O4/c1-14(5-8-20(27)28-4)16-6-7-17-21-18(10-12-24(16,17)2)25(3)11-9-15(26)13-19(25)22-23(21)29-22/h13-14,16-18,21-23H,5-12H2,1-4H3/t14-,16-,17+,18+,21+,22?,23?,24-,25-/m1/s1. The number of rotatable bonds is 4. The first-order valence-electron chi connectivity index (χ1n) is 11.8. The van der Waals surface area contributed by atoms with Crippen molar-refractivity contribution < 1.29 is 19.1 Å². The first-order valence-corrected chi connectivity index (χ1v) is 11.8. The third-order valence-corrected chi connectivity index (χ3v) is 10.0. The van der Waals surface area contributed by atoms with Crippen molar-refractivity contribution in [2.24, 2.45) is 40.4 Å². The van der Waals surface area contributed by atoms with Crippen LogP contribution in [-0.2, 0) is 19.1 Å². The molecule has 1 aliphatic heterocycles. The lowest BCUT2D eigenvalue weighted by Gasteiger charge is -2.57. The number of hydrogen-bond donors (Lipinski definition) is 0. The average Bonchev–Trinajstić information content (AvgIpc) is 3.41. The zero-order valence-electron chi connectivity index (χ0n) is 18.4. The van der Waals surface area contributed by atoms with Gasteiger partial charge >= 0.3 is 5.97 Å². The molecule has 4 aliphatic carbocycles. The largest absolute Gasteiger partial charge is 0.469 e. The lowest BCUT2D eigenvalue weighted by molar-refractivity contribution is -0.141. The van der Waals surface area contributed by atoms with Crippen LogP contribution in [0.3, 0.4) is 0 Å². The minimum absolute atomic E-state index is 0.0825. The zero-order chi connectivity index (χ0) is 20.6. The van der Waals surface area contributed by atoms with E-state index in [-0.39, 0.29) is 17.5 Å². The predicted molar refractivity (Wildman–Crippen MR) is 110 cm³/mol. The molecule has 0 N–H and O–H groups in total. The van der Waals surface area contributed by atoms with Crippen LogP contribution in [0, 0.1) is 40.4 Å². The van der Waals surface area contributed by atoms with Gasteiger partial charge in [-0.1, -0.05) is 20.8 Å². The molecule has 0 aromatic carbocycles. The maximum absolute atomic E-state index is 12.1. The fourth-order valence-electron chi connectivity index (χ4n) is 8.43. The number of carbonyl (C=O) groups is 2. The van der Waals surface area contributed by atoms with Gasteiger partial charge in [-0.3, -0.25) is 9.59 Å². The number of fused-ring (bicyclic) bond motifs is 8. The molecule has 4 fully saturated rings. The van der Waals surface area contributed by atoms with Crippen molar-refractivity contribution in [1.29, 1.82) is 0 Å². The molecule has 1 heterocycles. The van der Waals surface area contributed by atoms with Crippen LogP contribution in [-0.4, -0.2) is 31.1 Å². The number of epoxide rings is 1. The summed E-state index contributed by atoms with van der Waals surface area (Å²) in [7, 11) is 1.48. The summed E-state index contributed by atoms with van der Waals surface area (Å²) in [5, 5.41) is 0. The van der Waals surface area contributed by atoms with Crippen molar-refractivity contribution in [3.8, 4) is 0 Å². The Balaban J connectivity index is 1.39. The van der Waals surface area contributed by atoms with Crippen molar-refractivity contribution in [3.05, 3.63) is 11.6 Å². The molecular formula is C25H36O4. The summed E-state index contributed by atoms with van der Waals surface area (Å²) in [6.45, 7) is 7.31. The molecule has 0 spiro atoms. The van der Waals surface area contributed by atoms with Crippen molar-refractivity contribution in [2.45, 2.75) is 84.3 Å². The molecule has 5 aliphatic rings. The minimum Gasteiger partial charge on any atom is -0.469 e. The lowest BCUT2D eigenvalue weighted by Crippen LogP contribution is -2.53. The number of esters is 1. The fourth-order valence-corrected chi connectivity index (χ4v) is 8.43. The molecular weight excluding hydrogens is 364 g/mol. The van der Waals surface area contributed by atoms with Gasteiger partial charge < -0.3 is 9.47 Å². The van der Waals surface area contributed by atoms with Crippen LogP contribution in [0.2, 0.25) is 0 Å². The summed E-state index contributed by atoms with van der Waals surface area (Å²) >= 11 is 0. The molecule has 0 bridgehead atoms. The number of hydrogen-bond acceptors (Lipinski definition) is 4. The summed E-state index contributed by atoms with van der Waals surface area (Å²) in [6, 6.07) is 0. The van der Waals surface area contributed by atoms with Gasteiger partial charge in [-0.25, -0.2) is 0 Å². The fraction of sp³-hybridized carbons (Fsp3) is 0.840. The quantitative estimate of drug-likeness (QED) is 0.506. The van der Waals surface area contributed by atoms with E-state index < -0.39 is 0 Å². The highest BCUT2D eigenvalue weighted by atomic mass is 16.6. The van der Waals surface area contributed by atoms with Gasteiger partial charge in [0, 0.05) is 12.8 Å². The lowest BCUT2D eigenvalue weighted by atomic mass is 9.46. The molecule has 0 amide bonds. The van der Waals surface area contributed by atoms with Crippen LogP contribution in [0.4, 0.5) is 0 Å². The summed E-state index contributed by atoms with van der Waals surface area (Å²) in [5.74, 6) is 3.48. The van der Waals surface area contributed by atoms with E-state index in [9.17, 15) is 9.59 Å². The third-order valence-electron chi connectivity index (χ3n) is 10.0. The molecule has 2 unspecified atom stereocenters. The van der Waals surface area contributed by atoms with E-state index in [1.807, 2.05) is 6.08 Å². The predicted octanol–water partition coefficient (Wildman–Crippen LogP) is 4.71. The highest BCUT2D eigenvalue weighted by Crippen LogP contribution is 2.70. The minimum atomic E-state index is -0.0825. The zero-order valence-corrected chi connectivity index (χ0v) is 18.4. The van der Waals surface area contributed by atoms with Crippen LogP contribution in [0.5, 0.6) is 0 Å². The number of ketones is 1. The SMILES string of the molecule is COC(=O)CC[C@@H](C)[C@H]1CC[C@H]2[C@@H]3C4OC4C4=CC(=O)CC[C@]4(C)[C@H]3CC[C@]12C. The smallest absolute Gasteiger partial charge is 0.305 e. The van der Waals surface area contributed by atoms with Gasteiger partial charge in [-0.15, -0.1) is 0 Å². The molecule has 4 nitrogen and oxygen atoms in total. The Kier molecular flexibility index (Phi) is 4.55. The molecule has 9 atom stereocenters. The summed E-state index contributed by atoms with van der Waals surface area (Å²) in [5.41, 5.74) is 1.84. The van der Waals surface area contributed by atoms with Crippen LogP contribution in [0.15, 0.2) is 11.6 Å². The maximum atomic E-state index is 12.1. The number of methoxy groups -OCH3 is 1. The molecule has 5 rings (SSSR count). The topological polar surface area (TPSA) is 55.9 Å². The second kappa shape index (κ2) is 6.67. The number of carbonyl (C=O) groups excluding carboxylic acids is 2. The van der Waals surface area contributed by atoms with Gasteiger partial charge in [0.1, 0.15) is 6.10 Å². The van der Waals surface area contributed by atoms with Crippen molar-refractivity contribution >= 4 is 11.8 Å². The third kappa shape index (κ3) is 2.80. The van der Waals surface area contributed by atoms with Crippen LogP contribution in [0.25, 0.3) is 0 Å². The van der Waals surface area contributed by atoms with Gasteiger partial charge in [0.15, 0.2) is 5.78 Å². The first-order chi connectivity index (χ1) is 13.8. The van der Waals surface area contributed by atoms with E-state index in [0.29, 0.717) is 53.8 Å². The second-order valence-corrected chi connectivity index (χ2v) is 11.1. The summed E-state index contributed by atoms with van der Waals surface area (Å²) < 4.78 is 11.2. The van der Waals surface area contributed by atoms with Gasteiger partial charge in [0.25, 0.3) is 0 Å². The molecule has 1 saturated heterocycles. The molecule has 0 aromatic heterocycles. The van der Waals surface area contributed by atoms with Gasteiger partial charge in [-0.05, 0) is 90.6 Å². The van der Waals surface area contributed by atoms with Crippen molar-refractivity contribution in [1.82, 2.24) is 0 Å². The first kappa shape index (κ1) is 19.8. The highest BCUT2D eigenvalue weighted by molar-refractivity contribution is 5.92. The van der Waals surface area contributed by atoms with Gasteiger partial charge in [0.2, 0.25) is 0 Å². The van der Waals surface area contributed by atoms with Crippen LogP contribution >= 0.6 is 0 Å². The second-order valence-electron chi connectivity index (χ2n) is 11.1. The van der Waals surface area contributed by atoms with E-state index in [1.165, 1.54) is 38.4 Å². The highest BCUT2D eigenvalue weighted by Gasteiger charge is 2.69. The maximum Gasteiger partial charge on any atom is 0.305 e.